The molecule has 1 N–H and O–H groups in total. The summed E-state index contributed by atoms with van der Waals surface area (Å²) in [6, 6.07) is 1.87. The SMILES string of the molecule is Cc1cc(N(C)C)nc(CNC(=O)CN2CCOC2=O)n1. The van der Waals surface area contributed by atoms with Gasteiger partial charge in [-0.05, 0) is 6.92 Å². The van der Waals surface area contributed by atoms with E-state index in [1.165, 1.54) is 4.90 Å². The minimum absolute atomic E-state index is 0.00874. The summed E-state index contributed by atoms with van der Waals surface area (Å²) in [5.74, 6) is 1.07. The highest BCUT2D eigenvalue weighted by Crippen LogP contribution is 2.09. The van der Waals surface area contributed by atoms with Gasteiger partial charge in [0.05, 0.1) is 13.1 Å². The van der Waals surface area contributed by atoms with Crippen molar-refractivity contribution in [2.45, 2.75) is 13.5 Å². The van der Waals surface area contributed by atoms with Crippen LogP contribution in [-0.4, -0.2) is 60.7 Å². The molecule has 8 nitrogen and oxygen atoms in total. The van der Waals surface area contributed by atoms with Gasteiger partial charge in [0.15, 0.2) is 0 Å². The Kier molecular flexibility index (Phi) is 4.56. The molecular weight excluding hydrogens is 274 g/mol. The van der Waals surface area contributed by atoms with E-state index in [1.54, 1.807) is 0 Å². The number of carbonyl (C=O) groups excluding carboxylic acids is 2. The van der Waals surface area contributed by atoms with Crippen molar-refractivity contribution in [2.75, 3.05) is 38.7 Å². The van der Waals surface area contributed by atoms with Gasteiger partial charge in [-0.2, -0.15) is 0 Å². The van der Waals surface area contributed by atoms with Gasteiger partial charge in [0.1, 0.15) is 24.8 Å². The third-order valence-electron chi connectivity index (χ3n) is 2.97. The van der Waals surface area contributed by atoms with E-state index < -0.39 is 6.09 Å². The Morgan fingerprint density at radius 1 is 1.48 bits per heavy atom. The summed E-state index contributed by atoms with van der Waals surface area (Å²) in [7, 11) is 3.78. The molecule has 1 fully saturated rings. The van der Waals surface area contributed by atoms with Crippen molar-refractivity contribution in [1.29, 1.82) is 0 Å². The first-order valence-corrected chi connectivity index (χ1v) is 6.66. The van der Waals surface area contributed by atoms with Crippen LogP contribution in [0.15, 0.2) is 6.07 Å². The molecule has 0 unspecified atom stereocenters. The lowest BCUT2D eigenvalue weighted by molar-refractivity contribution is -0.121. The lowest BCUT2D eigenvalue weighted by Gasteiger charge is -2.14. The van der Waals surface area contributed by atoms with Gasteiger partial charge in [-0.1, -0.05) is 0 Å². The number of ether oxygens (including phenoxy) is 1. The topological polar surface area (TPSA) is 87.7 Å². The third-order valence-corrected chi connectivity index (χ3v) is 2.97. The fourth-order valence-electron chi connectivity index (χ4n) is 1.90. The van der Waals surface area contributed by atoms with Crippen LogP contribution in [-0.2, 0) is 16.1 Å². The molecule has 8 heteroatoms. The highest BCUT2D eigenvalue weighted by molar-refractivity contribution is 5.82. The molecule has 114 valence electrons. The van der Waals surface area contributed by atoms with E-state index in [0.717, 1.165) is 11.5 Å². The normalized spacial score (nSPS) is 14.0. The van der Waals surface area contributed by atoms with Crippen LogP contribution >= 0.6 is 0 Å². The number of rotatable bonds is 5. The summed E-state index contributed by atoms with van der Waals surface area (Å²) in [5, 5.41) is 2.71. The molecule has 0 atom stereocenters. The number of hydrogen-bond acceptors (Lipinski definition) is 6. The number of nitrogens with zero attached hydrogens (tertiary/aromatic N) is 4. The second-order valence-electron chi connectivity index (χ2n) is 4.99. The van der Waals surface area contributed by atoms with Crippen molar-refractivity contribution in [3.05, 3.63) is 17.6 Å². The van der Waals surface area contributed by atoms with E-state index in [0.29, 0.717) is 19.0 Å². The van der Waals surface area contributed by atoms with Crippen molar-refractivity contribution < 1.29 is 14.3 Å². The largest absolute Gasteiger partial charge is 0.448 e. The zero-order chi connectivity index (χ0) is 15.4. The molecule has 2 rings (SSSR count). The molecule has 21 heavy (non-hydrogen) atoms. The number of carbonyl (C=O) groups is 2. The van der Waals surface area contributed by atoms with Crippen LogP contribution in [0.2, 0.25) is 0 Å². The van der Waals surface area contributed by atoms with Crippen LogP contribution in [0.25, 0.3) is 0 Å². The average molecular weight is 293 g/mol. The molecule has 1 aromatic heterocycles. The molecule has 1 aromatic rings. The number of aromatic nitrogens is 2. The molecule has 0 bridgehead atoms. The predicted molar refractivity (Wildman–Crippen MR) is 75.9 cm³/mol. The first kappa shape index (κ1) is 15.0. The molecule has 0 spiro atoms. The van der Waals surface area contributed by atoms with Crippen molar-refractivity contribution >= 4 is 17.8 Å². The van der Waals surface area contributed by atoms with Gasteiger partial charge in [-0.15, -0.1) is 0 Å². The number of cyclic esters (lactones) is 1. The van der Waals surface area contributed by atoms with Crippen molar-refractivity contribution in [3.63, 3.8) is 0 Å². The molecule has 0 aliphatic carbocycles. The number of hydrogen-bond donors (Lipinski definition) is 1. The number of anilines is 1. The summed E-state index contributed by atoms with van der Waals surface area (Å²) in [4.78, 5) is 34.9. The molecule has 0 saturated carbocycles. The highest BCUT2D eigenvalue weighted by atomic mass is 16.6. The lowest BCUT2D eigenvalue weighted by Crippen LogP contribution is -2.37. The van der Waals surface area contributed by atoms with Gasteiger partial charge in [0, 0.05) is 25.9 Å². The summed E-state index contributed by atoms with van der Waals surface area (Å²) in [6.45, 7) is 2.87. The zero-order valence-corrected chi connectivity index (χ0v) is 12.4. The zero-order valence-electron chi connectivity index (χ0n) is 12.4. The standard InChI is InChI=1S/C13H19N5O3/c1-9-6-11(17(2)3)16-10(15-9)7-14-12(19)8-18-4-5-21-13(18)20/h6H,4-5,7-8H2,1-3H3,(H,14,19). The number of aryl methyl sites for hydroxylation is 1. The molecule has 2 heterocycles. The predicted octanol–water partition coefficient (Wildman–Crippen LogP) is -0.0806. The Hall–Kier alpha value is -2.38. The Labute approximate surface area is 123 Å². The minimum Gasteiger partial charge on any atom is -0.448 e. The molecule has 0 radical (unpaired) electrons. The number of nitrogens with one attached hydrogen (secondary N) is 1. The highest BCUT2D eigenvalue weighted by Gasteiger charge is 2.23. The van der Waals surface area contributed by atoms with E-state index in [2.05, 4.69) is 15.3 Å². The molecule has 2 amide bonds. The van der Waals surface area contributed by atoms with Crippen molar-refractivity contribution in [3.8, 4) is 0 Å². The Balaban J connectivity index is 1.90. The summed E-state index contributed by atoms with van der Waals surface area (Å²) in [6.07, 6.45) is -0.452. The molecule has 1 aliphatic rings. The smallest absolute Gasteiger partial charge is 0.410 e. The van der Waals surface area contributed by atoms with E-state index in [4.69, 9.17) is 4.74 Å². The fraction of sp³-hybridized carbons (Fsp3) is 0.538. The average Bonchev–Trinajstić information content (AvgIpc) is 2.81. The van der Waals surface area contributed by atoms with E-state index in [9.17, 15) is 9.59 Å². The van der Waals surface area contributed by atoms with Gasteiger partial charge in [0.25, 0.3) is 0 Å². The Morgan fingerprint density at radius 2 is 2.24 bits per heavy atom. The van der Waals surface area contributed by atoms with Gasteiger partial charge >= 0.3 is 6.09 Å². The monoisotopic (exact) mass is 293 g/mol. The van der Waals surface area contributed by atoms with Crippen LogP contribution in [0.3, 0.4) is 0 Å². The quantitative estimate of drug-likeness (QED) is 0.817. The second kappa shape index (κ2) is 6.38. The van der Waals surface area contributed by atoms with Crippen LogP contribution in [0.4, 0.5) is 10.6 Å². The van der Waals surface area contributed by atoms with E-state index in [1.807, 2.05) is 32.0 Å². The Morgan fingerprint density at radius 3 is 2.86 bits per heavy atom. The van der Waals surface area contributed by atoms with E-state index in [-0.39, 0.29) is 19.0 Å². The van der Waals surface area contributed by atoms with Crippen LogP contribution in [0.1, 0.15) is 11.5 Å². The van der Waals surface area contributed by atoms with Gasteiger partial charge in [0.2, 0.25) is 5.91 Å². The fourth-order valence-corrected chi connectivity index (χ4v) is 1.90. The summed E-state index contributed by atoms with van der Waals surface area (Å²) in [5.41, 5.74) is 0.834. The molecule has 0 aromatic carbocycles. The first-order chi connectivity index (χ1) is 9.95. The van der Waals surface area contributed by atoms with Crippen LogP contribution in [0, 0.1) is 6.92 Å². The Bertz CT molecular complexity index is 547. The third kappa shape index (κ3) is 4.04. The van der Waals surface area contributed by atoms with E-state index >= 15 is 0 Å². The van der Waals surface area contributed by atoms with Crippen LogP contribution in [0.5, 0.6) is 0 Å². The van der Waals surface area contributed by atoms with Gasteiger partial charge in [-0.3, -0.25) is 9.69 Å². The minimum atomic E-state index is -0.452. The summed E-state index contributed by atoms with van der Waals surface area (Å²) < 4.78 is 4.76. The van der Waals surface area contributed by atoms with Crippen LogP contribution < -0.4 is 10.2 Å². The van der Waals surface area contributed by atoms with Crippen molar-refractivity contribution in [2.24, 2.45) is 0 Å². The molecule has 1 saturated heterocycles. The van der Waals surface area contributed by atoms with Crippen molar-refractivity contribution in [1.82, 2.24) is 20.2 Å². The first-order valence-electron chi connectivity index (χ1n) is 6.66. The summed E-state index contributed by atoms with van der Waals surface area (Å²) >= 11 is 0. The van der Waals surface area contributed by atoms with Gasteiger partial charge < -0.3 is 15.0 Å². The molecular formula is C13H19N5O3. The molecule has 1 aliphatic heterocycles. The maximum absolute atomic E-state index is 11.8. The second-order valence-corrected chi connectivity index (χ2v) is 4.99. The maximum atomic E-state index is 11.8. The number of amides is 2. The van der Waals surface area contributed by atoms with Gasteiger partial charge in [-0.25, -0.2) is 14.8 Å². The maximum Gasteiger partial charge on any atom is 0.410 e. The lowest BCUT2D eigenvalue weighted by atomic mass is 10.4.